The Hall–Kier alpha value is -4.41. The molecule has 0 saturated heterocycles. The molecule has 0 fully saturated rings. The van der Waals surface area contributed by atoms with Crippen LogP contribution >= 0.6 is 11.3 Å². The summed E-state index contributed by atoms with van der Waals surface area (Å²) in [6.45, 7) is 0. The molecule has 166 valence electrons. The highest BCUT2D eigenvalue weighted by atomic mass is 32.1. The SMILES string of the molecule is c1ccc(N2c3ccccc3N(c3cccc(-c4nc5ccccc5s4)c3)c3ccccc32)cc1. The lowest BCUT2D eigenvalue weighted by Gasteiger charge is -2.40. The minimum Gasteiger partial charge on any atom is -0.306 e. The van der Waals surface area contributed by atoms with Gasteiger partial charge in [0.2, 0.25) is 0 Å². The molecular weight excluding hydrogens is 446 g/mol. The molecule has 7 rings (SSSR count). The molecule has 1 aliphatic heterocycles. The topological polar surface area (TPSA) is 19.4 Å². The molecular formula is C31H21N3S. The fourth-order valence-electron chi connectivity index (χ4n) is 4.85. The summed E-state index contributed by atoms with van der Waals surface area (Å²) in [7, 11) is 0. The molecule has 0 saturated carbocycles. The molecule has 35 heavy (non-hydrogen) atoms. The Kier molecular flexibility index (Phi) is 4.64. The van der Waals surface area contributed by atoms with E-state index in [1.54, 1.807) is 11.3 Å². The summed E-state index contributed by atoms with van der Waals surface area (Å²) in [5.74, 6) is 0. The second-order valence-electron chi connectivity index (χ2n) is 8.52. The molecule has 0 N–H and O–H groups in total. The number of rotatable bonds is 3. The van der Waals surface area contributed by atoms with Crippen LogP contribution in [0.15, 0.2) is 127 Å². The van der Waals surface area contributed by atoms with E-state index in [-0.39, 0.29) is 0 Å². The van der Waals surface area contributed by atoms with E-state index in [4.69, 9.17) is 4.98 Å². The summed E-state index contributed by atoms with van der Waals surface area (Å²) < 4.78 is 1.21. The normalized spacial score (nSPS) is 12.5. The van der Waals surface area contributed by atoms with Gasteiger partial charge in [-0.25, -0.2) is 4.98 Å². The van der Waals surface area contributed by atoms with E-state index < -0.39 is 0 Å². The average Bonchev–Trinajstić information content (AvgIpc) is 3.37. The van der Waals surface area contributed by atoms with Gasteiger partial charge in [0.1, 0.15) is 5.01 Å². The van der Waals surface area contributed by atoms with Crippen LogP contribution in [0.5, 0.6) is 0 Å². The maximum absolute atomic E-state index is 4.90. The molecule has 0 amide bonds. The van der Waals surface area contributed by atoms with Gasteiger partial charge < -0.3 is 9.80 Å². The second kappa shape index (κ2) is 8.12. The Morgan fingerprint density at radius 2 is 1.03 bits per heavy atom. The van der Waals surface area contributed by atoms with Crippen molar-refractivity contribution in [3.05, 3.63) is 127 Å². The van der Waals surface area contributed by atoms with Crippen LogP contribution in [-0.2, 0) is 0 Å². The molecule has 0 bridgehead atoms. The van der Waals surface area contributed by atoms with E-state index in [2.05, 4.69) is 131 Å². The van der Waals surface area contributed by atoms with E-state index in [0.717, 1.165) is 50.2 Å². The maximum Gasteiger partial charge on any atom is 0.124 e. The van der Waals surface area contributed by atoms with Crippen LogP contribution in [0.2, 0.25) is 0 Å². The zero-order valence-corrected chi connectivity index (χ0v) is 19.7. The van der Waals surface area contributed by atoms with E-state index >= 15 is 0 Å². The molecule has 3 nitrogen and oxygen atoms in total. The molecule has 1 aliphatic rings. The van der Waals surface area contributed by atoms with E-state index in [1.165, 1.54) is 4.70 Å². The van der Waals surface area contributed by atoms with Crippen LogP contribution in [0.4, 0.5) is 34.1 Å². The average molecular weight is 468 g/mol. The number of nitrogens with zero attached hydrogens (tertiary/aromatic N) is 3. The third-order valence-corrected chi connectivity index (χ3v) is 7.47. The van der Waals surface area contributed by atoms with Crippen LogP contribution in [0.25, 0.3) is 20.8 Å². The van der Waals surface area contributed by atoms with Gasteiger partial charge in [-0.2, -0.15) is 0 Å². The van der Waals surface area contributed by atoms with Crippen molar-refractivity contribution in [3.8, 4) is 10.6 Å². The van der Waals surface area contributed by atoms with Gasteiger partial charge in [0.05, 0.1) is 33.0 Å². The summed E-state index contributed by atoms with van der Waals surface area (Å²) in [6, 6.07) is 44.9. The summed E-state index contributed by atoms with van der Waals surface area (Å²) in [4.78, 5) is 9.61. The maximum atomic E-state index is 4.90. The summed E-state index contributed by atoms with van der Waals surface area (Å²) in [6.07, 6.45) is 0. The van der Waals surface area contributed by atoms with Gasteiger partial charge in [0, 0.05) is 16.9 Å². The fraction of sp³-hybridized carbons (Fsp3) is 0. The van der Waals surface area contributed by atoms with Crippen LogP contribution in [0, 0.1) is 0 Å². The minimum atomic E-state index is 1.04. The summed E-state index contributed by atoms with van der Waals surface area (Å²) in [5.41, 5.74) is 9.05. The second-order valence-corrected chi connectivity index (χ2v) is 9.55. The first-order valence-corrected chi connectivity index (χ1v) is 12.5. The van der Waals surface area contributed by atoms with Crippen molar-refractivity contribution in [3.63, 3.8) is 0 Å². The van der Waals surface area contributed by atoms with Gasteiger partial charge in [-0.05, 0) is 60.7 Å². The zero-order valence-electron chi connectivity index (χ0n) is 18.9. The fourth-order valence-corrected chi connectivity index (χ4v) is 5.81. The predicted molar refractivity (Wildman–Crippen MR) is 148 cm³/mol. The lowest BCUT2D eigenvalue weighted by molar-refractivity contribution is 1.17. The monoisotopic (exact) mass is 467 g/mol. The molecule has 0 unspecified atom stereocenters. The summed E-state index contributed by atoms with van der Waals surface area (Å²) in [5, 5.41) is 1.04. The molecule has 5 aromatic carbocycles. The van der Waals surface area contributed by atoms with Gasteiger partial charge in [-0.15, -0.1) is 11.3 Å². The van der Waals surface area contributed by atoms with Gasteiger partial charge in [0.25, 0.3) is 0 Å². The first-order valence-electron chi connectivity index (χ1n) is 11.7. The molecule has 6 aromatic rings. The van der Waals surface area contributed by atoms with Crippen molar-refractivity contribution in [2.45, 2.75) is 0 Å². The van der Waals surface area contributed by atoms with E-state index in [1.807, 2.05) is 6.07 Å². The third kappa shape index (κ3) is 3.30. The van der Waals surface area contributed by atoms with Crippen LogP contribution < -0.4 is 9.80 Å². The quantitative estimate of drug-likeness (QED) is 0.258. The standard InChI is InChI=1S/C31H21N3S/c1-2-12-23(13-3-1)33-26-16-5-7-18-28(26)34(29-19-8-6-17-27(29)33)24-14-10-11-22(21-24)31-32-25-15-4-9-20-30(25)35-31/h1-21H. The number of hydrogen-bond donors (Lipinski definition) is 0. The lowest BCUT2D eigenvalue weighted by Crippen LogP contribution is -2.23. The van der Waals surface area contributed by atoms with Crippen molar-refractivity contribution >= 4 is 55.7 Å². The Morgan fingerprint density at radius 1 is 0.486 bits per heavy atom. The van der Waals surface area contributed by atoms with Gasteiger partial charge >= 0.3 is 0 Å². The molecule has 4 heteroatoms. The number of anilines is 6. The highest BCUT2D eigenvalue weighted by molar-refractivity contribution is 7.21. The van der Waals surface area contributed by atoms with Crippen molar-refractivity contribution in [1.29, 1.82) is 0 Å². The predicted octanol–water partition coefficient (Wildman–Crippen LogP) is 9.22. The first-order chi connectivity index (χ1) is 17.4. The molecule has 0 spiro atoms. The van der Waals surface area contributed by atoms with Gasteiger partial charge in [-0.3, -0.25) is 0 Å². The molecule has 2 heterocycles. The molecule has 0 atom stereocenters. The van der Waals surface area contributed by atoms with Crippen LogP contribution in [0.1, 0.15) is 0 Å². The first kappa shape index (κ1) is 20.0. The number of hydrogen-bond acceptors (Lipinski definition) is 4. The van der Waals surface area contributed by atoms with Crippen molar-refractivity contribution in [2.75, 3.05) is 9.80 Å². The smallest absolute Gasteiger partial charge is 0.124 e. The van der Waals surface area contributed by atoms with Gasteiger partial charge in [-0.1, -0.05) is 66.7 Å². The molecule has 0 radical (unpaired) electrons. The highest BCUT2D eigenvalue weighted by Crippen LogP contribution is 2.54. The van der Waals surface area contributed by atoms with E-state index in [9.17, 15) is 0 Å². The Labute approximate surface area is 208 Å². The van der Waals surface area contributed by atoms with Crippen LogP contribution in [0.3, 0.4) is 0 Å². The third-order valence-electron chi connectivity index (χ3n) is 6.39. The van der Waals surface area contributed by atoms with E-state index in [0.29, 0.717) is 0 Å². The highest BCUT2D eigenvalue weighted by Gasteiger charge is 2.30. The summed E-state index contributed by atoms with van der Waals surface area (Å²) >= 11 is 1.74. The Bertz CT molecular complexity index is 1590. The van der Waals surface area contributed by atoms with Crippen LogP contribution in [-0.4, -0.2) is 4.98 Å². The largest absolute Gasteiger partial charge is 0.306 e. The van der Waals surface area contributed by atoms with Crippen molar-refractivity contribution < 1.29 is 0 Å². The number of para-hydroxylation sites is 6. The molecule has 0 aliphatic carbocycles. The number of aromatic nitrogens is 1. The Balaban J connectivity index is 1.41. The van der Waals surface area contributed by atoms with Crippen molar-refractivity contribution in [2.24, 2.45) is 0 Å². The number of benzene rings is 5. The molecule has 1 aromatic heterocycles. The van der Waals surface area contributed by atoms with Gasteiger partial charge in [0.15, 0.2) is 0 Å². The van der Waals surface area contributed by atoms with Crippen molar-refractivity contribution in [1.82, 2.24) is 4.98 Å². The zero-order chi connectivity index (χ0) is 23.2. The number of fused-ring (bicyclic) bond motifs is 3. The minimum absolute atomic E-state index is 1.04. The lowest BCUT2D eigenvalue weighted by atomic mass is 10.0. The number of thiazole rings is 1. The Morgan fingerprint density at radius 3 is 1.69 bits per heavy atom.